The molecule has 0 aromatic heterocycles. The molecule has 6 nitrogen and oxygen atoms in total. The lowest BCUT2D eigenvalue weighted by molar-refractivity contribution is 0.0696. The second-order valence-electron chi connectivity index (χ2n) is 5.62. The maximum absolute atomic E-state index is 12.6. The van der Waals surface area contributed by atoms with Crippen molar-refractivity contribution in [2.75, 3.05) is 13.7 Å². The molecule has 0 saturated heterocycles. The van der Waals surface area contributed by atoms with Crippen LogP contribution in [0.3, 0.4) is 0 Å². The van der Waals surface area contributed by atoms with E-state index in [-0.39, 0.29) is 28.7 Å². The lowest BCUT2D eigenvalue weighted by Crippen LogP contribution is -2.33. The number of rotatable bonds is 6. The molecule has 126 valence electrons. The molecule has 1 aliphatic carbocycles. The lowest BCUT2D eigenvalue weighted by Gasteiger charge is -2.30. The molecule has 0 aliphatic heterocycles. The van der Waals surface area contributed by atoms with E-state index in [0.29, 0.717) is 0 Å². The highest BCUT2D eigenvalue weighted by Crippen LogP contribution is 2.34. The molecule has 7 heteroatoms. The Bertz CT molecular complexity index is 892. The minimum Gasteiger partial charge on any atom is -0.495 e. The van der Waals surface area contributed by atoms with Gasteiger partial charge in [-0.25, -0.2) is 17.9 Å². The number of methoxy groups -OCH3 is 1. The zero-order valence-corrected chi connectivity index (χ0v) is 13.8. The van der Waals surface area contributed by atoms with E-state index in [2.05, 4.69) is 4.72 Å². The van der Waals surface area contributed by atoms with Crippen LogP contribution in [0.1, 0.15) is 27.4 Å². The van der Waals surface area contributed by atoms with Gasteiger partial charge in [-0.15, -0.1) is 0 Å². The smallest absolute Gasteiger partial charge is 0.335 e. The van der Waals surface area contributed by atoms with Gasteiger partial charge in [-0.3, -0.25) is 0 Å². The maximum atomic E-state index is 12.6. The summed E-state index contributed by atoms with van der Waals surface area (Å²) in [5.74, 6) is -0.951. The molecule has 0 amide bonds. The zero-order valence-electron chi connectivity index (χ0n) is 13.0. The first-order valence-electron chi connectivity index (χ1n) is 7.41. The Labute approximate surface area is 140 Å². The second kappa shape index (κ2) is 6.26. The van der Waals surface area contributed by atoms with Crippen LogP contribution in [-0.2, 0) is 16.4 Å². The molecule has 24 heavy (non-hydrogen) atoms. The van der Waals surface area contributed by atoms with E-state index in [1.165, 1.54) is 24.8 Å². The van der Waals surface area contributed by atoms with Gasteiger partial charge >= 0.3 is 5.97 Å². The van der Waals surface area contributed by atoms with E-state index in [1.54, 1.807) is 0 Å². The number of carboxylic acid groups (broad SMARTS) is 1. The van der Waals surface area contributed by atoms with Gasteiger partial charge in [0, 0.05) is 12.5 Å². The van der Waals surface area contributed by atoms with Crippen molar-refractivity contribution >= 4 is 16.0 Å². The number of carboxylic acids is 1. The molecule has 0 saturated carbocycles. The summed E-state index contributed by atoms with van der Waals surface area (Å²) in [7, 11) is -2.53. The van der Waals surface area contributed by atoms with Gasteiger partial charge in [-0.2, -0.15) is 0 Å². The summed E-state index contributed by atoms with van der Waals surface area (Å²) in [6.07, 6.45) is 0.824. The average molecular weight is 347 g/mol. The number of sulfonamides is 1. The van der Waals surface area contributed by atoms with Crippen molar-refractivity contribution in [2.45, 2.75) is 17.2 Å². The minimum absolute atomic E-state index is 0.106. The molecule has 1 atom stereocenters. The Morgan fingerprint density at radius 1 is 1.29 bits per heavy atom. The highest BCUT2D eigenvalue weighted by atomic mass is 32.2. The number of carbonyl (C=O) groups is 1. The van der Waals surface area contributed by atoms with Crippen LogP contribution in [0.4, 0.5) is 0 Å². The van der Waals surface area contributed by atoms with Crippen LogP contribution in [0.5, 0.6) is 5.75 Å². The number of ether oxygens (including phenoxy) is 1. The number of hydrogen-bond acceptors (Lipinski definition) is 4. The Hall–Kier alpha value is -2.38. The van der Waals surface area contributed by atoms with Crippen LogP contribution in [0, 0.1) is 0 Å². The third-order valence-corrected chi connectivity index (χ3v) is 5.63. The van der Waals surface area contributed by atoms with Gasteiger partial charge in [0.05, 0.1) is 12.7 Å². The van der Waals surface area contributed by atoms with E-state index in [0.717, 1.165) is 18.1 Å². The average Bonchev–Trinajstić information content (AvgIpc) is 2.55. The van der Waals surface area contributed by atoms with Gasteiger partial charge in [0.15, 0.2) is 0 Å². The Kier molecular flexibility index (Phi) is 4.29. The van der Waals surface area contributed by atoms with Crippen molar-refractivity contribution in [3.8, 4) is 5.75 Å². The predicted molar refractivity (Wildman–Crippen MR) is 88.0 cm³/mol. The monoisotopic (exact) mass is 347 g/mol. The van der Waals surface area contributed by atoms with Gasteiger partial charge in [-0.1, -0.05) is 24.3 Å². The topological polar surface area (TPSA) is 92.7 Å². The molecule has 1 unspecified atom stereocenters. The molecule has 2 aromatic rings. The molecule has 0 fully saturated rings. The predicted octanol–water partition coefficient (Wildman–Crippen LogP) is 2.01. The first kappa shape index (κ1) is 16.5. The van der Waals surface area contributed by atoms with Crippen LogP contribution in [0.15, 0.2) is 47.4 Å². The SMILES string of the molecule is COc1ccc(C(=O)O)cc1S(=O)(=O)NCC1Cc2ccccc21. The van der Waals surface area contributed by atoms with E-state index >= 15 is 0 Å². The van der Waals surface area contributed by atoms with Crippen molar-refractivity contribution in [1.29, 1.82) is 0 Å². The number of fused-ring (bicyclic) bond motifs is 1. The minimum atomic E-state index is -3.87. The van der Waals surface area contributed by atoms with Gasteiger partial charge in [0.25, 0.3) is 0 Å². The second-order valence-corrected chi connectivity index (χ2v) is 7.36. The lowest BCUT2D eigenvalue weighted by atomic mass is 9.78. The molecule has 0 heterocycles. The number of aromatic carboxylic acids is 1. The van der Waals surface area contributed by atoms with Crippen LogP contribution in [-0.4, -0.2) is 33.1 Å². The van der Waals surface area contributed by atoms with Gasteiger partial charge in [0.2, 0.25) is 10.0 Å². The molecule has 1 aliphatic rings. The first-order chi connectivity index (χ1) is 11.4. The third kappa shape index (κ3) is 3.00. The number of hydrogen-bond donors (Lipinski definition) is 2. The Morgan fingerprint density at radius 2 is 2.04 bits per heavy atom. The first-order valence-corrected chi connectivity index (χ1v) is 8.89. The summed E-state index contributed by atoms with van der Waals surface area (Å²) in [5.41, 5.74) is 2.27. The van der Waals surface area contributed by atoms with E-state index in [9.17, 15) is 13.2 Å². The van der Waals surface area contributed by atoms with Gasteiger partial charge in [-0.05, 0) is 35.7 Å². The summed E-state index contributed by atoms with van der Waals surface area (Å²) in [5, 5.41) is 9.06. The summed E-state index contributed by atoms with van der Waals surface area (Å²) in [4.78, 5) is 10.9. The molecule has 2 aromatic carbocycles. The van der Waals surface area contributed by atoms with Crippen LogP contribution >= 0.6 is 0 Å². The van der Waals surface area contributed by atoms with E-state index < -0.39 is 16.0 Å². The quantitative estimate of drug-likeness (QED) is 0.834. The third-order valence-electron chi connectivity index (χ3n) is 4.18. The zero-order chi connectivity index (χ0) is 17.3. The highest BCUT2D eigenvalue weighted by molar-refractivity contribution is 7.89. The summed E-state index contributed by atoms with van der Waals surface area (Å²) in [6.45, 7) is 0.264. The van der Waals surface area contributed by atoms with Crippen molar-refractivity contribution < 1.29 is 23.1 Å². The fourth-order valence-electron chi connectivity index (χ4n) is 2.85. The highest BCUT2D eigenvalue weighted by Gasteiger charge is 2.28. The van der Waals surface area contributed by atoms with Crippen LogP contribution < -0.4 is 9.46 Å². The molecule has 0 bridgehead atoms. The summed E-state index contributed by atoms with van der Waals surface area (Å²) >= 11 is 0. The Morgan fingerprint density at radius 3 is 2.71 bits per heavy atom. The van der Waals surface area contributed by atoms with Gasteiger partial charge < -0.3 is 9.84 Å². The number of nitrogens with one attached hydrogen (secondary N) is 1. The van der Waals surface area contributed by atoms with Crippen molar-refractivity contribution in [3.63, 3.8) is 0 Å². The van der Waals surface area contributed by atoms with Crippen LogP contribution in [0.25, 0.3) is 0 Å². The van der Waals surface area contributed by atoms with Crippen molar-refractivity contribution in [2.24, 2.45) is 0 Å². The summed E-state index contributed by atoms with van der Waals surface area (Å²) < 4.78 is 32.7. The van der Waals surface area contributed by atoms with Gasteiger partial charge in [0.1, 0.15) is 10.6 Å². The molecule has 0 spiro atoms. The standard InChI is InChI=1S/C17H17NO5S/c1-23-15-7-6-12(17(19)20)9-16(15)24(21,22)18-10-13-8-11-4-2-3-5-14(11)13/h2-7,9,13,18H,8,10H2,1H3,(H,19,20). The molecule has 2 N–H and O–H groups in total. The normalized spacial score (nSPS) is 16.1. The largest absolute Gasteiger partial charge is 0.495 e. The maximum Gasteiger partial charge on any atom is 0.335 e. The van der Waals surface area contributed by atoms with Crippen molar-refractivity contribution in [1.82, 2.24) is 4.72 Å². The van der Waals surface area contributed by atoms with Crippen molar-refractivity contribution in [3.05, 3.63) is 59.2 Å². The fourth-order valence-corrected chi connectivity index (χ4v) is 4.13. The molecular weight excluding hydrogens is 330 g/mol. The molecule has 0 radical (unpaired) electrons. The van der Waals surface area contributed by atoms with E-state index in [4.69, 9.17) is 9.84 Å². The Balaban J connectivity index is 1.81. The summed E-state index contributed by atoms with van der Waals surface area (Å²) in [6, 6.07) is 11.7. The molecule has 3 rings (SSSR count). The van der Waals surface area contributed by atoms with Crippen LogP contribution in [0.2, 0.25) is 0 Å². The molecular formula is C17H17NO5S. The fraction of sp³-hybridized carbons (Fsp3) is 0.235. The van der Waals surface area contributed by atoms with E-state index in [1.807, 2.05) is 24.3 Å². The number of benzene rings is 2.